The highest BCUT2D eigenvalue weighted by Gasteiger charge is 2.20. The number of morpholine rings is 1. The second-order valence-electron chi connectivity index (χ2n) is 6.03. The molecule has 0 aliphatic carbocycles. The van der Waals surface area contributed by atoms with E-state index in [0.717, 1.165) is 48.5 Å². The summed E-state index contributed by atoms with van der Waals surface area (Å²) in [6.45, 7) is 3.57. The van der Waals surface area contributed by atoms with E-state index in [1.165, 1.54) is 0 Å². The highest BCUT2D eigenvalue weighted by Crippen LogP contribution is 2.26. The van der Waals surface area contributed by atoms with Crippen LogP contribution in [-0.4, -0.2) is 52.3 Å². The van der Waals surface area contributed by atoms with E-state index in [1.54, 1.807) is 0 Å². The molecule has 1 fully saturated rings. The van der Waals surface area contributed by atoms with E-state index in [1.807, 2.05) is 42.9 Å². The van der Waals surface area contributed by atoms with Crippen LogP contribution < -0.4 is 0 Å². The van der Waals surface area contributed by atoms with E-state index >= 15 is 0 Å². The van der Waals surface area contributed by atoms with E-state index in [9.17, 15) is 0 Å². The van der Waals surface area contributed by atoms with Gasteiger partial charge in [0.05, 0.1) is 24.8 Å². The summed E-state index contributed by atoms with van der Waals surface area (Å²) < 4.78 is 8.08. The third-order valence-corrected chi connectivity index (χ3v) is 4.35. The Kier molecular flexibility index (Phi) is 3.81. The molecule has 1 aliphatic heterocycles. The first kappa shape index (κ1) is 14.4. The number of para-hydroxylation sites is 1. The molecule has 0 N–H and O–H groups in total. The van der Waals surface area contributed by atoms with Gasteiger partial charge in [0.25, 0.3) is 0 Å². The average molecular weight is 308 g/mol. The maximum atomic E-state index is 5.90. The summed E-state index contributed by atoms with van der Waals surface area (Å²) in [7, 11) is 2.14. The van der Waals surface area contributed by atoms with Crippen LogP contribution in [0.15, 0.2) is 48.9 Å². The molecule has 1 aliphatic rings. The van der Waals surface area contributed by atoms with Gasteiger partial charge in [0.1, 0.15) is 5.82 Å². The highest BCUT2D eigenvalue weighted by molar-refractivity contribution is 5.92. The maximum Gasteiger partial charge on any atom is 0.140 e. The lowest BCUT2D eigenvalue weighted by molar-refractivity contribution is -0.0272. The Bertz CT molecular complexity index is 808. The molecule has 5 nitrogen and oxygen atoms in total. The number of hydrogen-bond donors (Lipinski definition) is 0. The second kappa shape index (κ2) is 6.10. The fourth-order valence-electron chi connectivity index (χ4n) is 3.19. The van der Waals surface area contributed by atoms with Crippen LogP contribution in [0, 0.1) is 0 Å². The van der Waals surface area contributed by atoms with Gasteiger partial charge >= 0.3 is 0 Å². The minimum atomic E-state index is 0.204. The summed E-state index contributed by atoms with van der Waals surface area (Å²) >= 11 is 0. The van der Waals surface area contributed by atoms with E-state index < -0.39 is 0 Å². The summed E-state index contributed by atoms with van der Waals surface area (Å²) in [5.41, 5.74) is 2.11. The average Bonchev–Trinajstić information content (AvgIpc) is 3.02. The van der Waals surface area contributed by atoms with E-state index in [4.69, 9.17) is 4.74 Å². The molecule has 0 radical (unpaired) electrons. The largest absolute Gasteiger partial charge is 0.374 e. The number of ether oxygens (including phenoxy) is 1. The van der Waals surface area contributed by atoms with Crippen molar-refractivity contribution in [1.82, 2.24) is 19.4 Å². The van der Waals surface area contributed by atoms with Gasteiger partial charge in [0.2, 0.25) is 0 Å². The van der Waals surface area contributed by atoms with Gasteiger partial charge in [-0.1, -0.05) is 18.2 Å². The van der Waals surface area contributed by atoms with E-state index in [2.05, 4.69) is 32.5 Å². The van der Waals surface area contributed by atoms with Crippen molar-refractivity contribution in [2.75, 3.05) is 26.7 Å². The lowest BCUT2D eigenvalue weighted by atomic mass is 10.1. The van der Waals surface area contributed by atoms with Crippen molar-refractivity contribution in [2.45, 2.75) is 12.6 Å². The van der Waals surface area contributed by atoms with Gasteiger partial charge in [0.15, 0.2) is 0 Å². The summed E-state index contributed by atoms with van der Waals surface area (Å²) in [6.07, 6.45) is 5.94. The molecule has 1 unspecified atom stereocenters. The van der Waals surface area contributed by atoms with Gasteiger partial charge < -0.3 is 14.2 Å². The molecule has 0 bridgehead atoms. The Labute approximate surface area is 135 Å². The van der Waals surface area contributed by atoms with Crippen LogP contribution in [-0.2, 0) is 11.3 Å². The zero-order valence-electron chi connectivity index (χ0n) is 13.2. The number of likely N-dealkylation sites (N-methyl/N-ethyl adjacent to an activating group) is 1. The summed E-state index contributed by atoms with van der Waals surface area (Å²) in [5, 5.41) is 1.13. The molecule has 2 aromatic heterocycles. The third-order valence-electron chi connectivity index (χ3n) is 4.35. The normalized spacial score (nSPS) is 19.3. The molecule has 0 amide bonds. The number of nitrogens with zero attached hydrogens (tertiary/aromatic N) is 4. The summed E-state index contributed by atoms with van der Waals surface area (Å²) in [5.74, 6) is 0.973. The van der Waals surface area contributed by atoms with Gasteiger partial charge in [0, 0.05) is 42.6 Å². The maximum absolute atomic E-state index is 5.90. The van der Waals surface area contributed by atoms with Gasteiger partial charge in [-0.2, -0.15) is 0 Å². The molecule has 4 rings (SSSR count). The fraction of sp³-hybridized carbons (Fsp3) is 0.333. The lowest BCUT2D eigenvalue weighted by Gasteiger charge is -2.30. The van der Waals surface area contributed by atoms with Crippen molar-refractivity contribution in [1.29, 1.82) is 0 Å². The standard InChI is InChI=1S/C18H20N4O/c1-21-10-11-23-14(12-21)13-22-9-8-20-18(22)16-6-7-19-17-5-3-2-4-15(16)17/h2-9,14H,10-13H2,1H3. The molecule has 118 valence electrons. The topological polar surface area (TPSA) is 43.2 Å². The molecule has 0 spiro atoms. The molecule has 1 aromatic carbocycles. The van der Waals surface area contributed by atoms with Gasteiger partial charge in [-0.15, -0.1) is 0 Å². The SMILES string of the molecule is CN1CCOC(Cn2ccnc2-c2ccnc3ccccc23)C1. The minimum absolute atomic E-state index is 0.204. The number of benzene rings is 1. The molecule has 3 heterocycles. The molecule has 5 heteroatoms. The Morgan fingerprint density at radius 3 is 3.00 bits per heavy atom. The van der Waals surface area contributed by atoms with Crippen LogP contribution in [0.5, 0.6) is 0 Å². The van der Waals surface area contributed by atoms with Crippen molar-refractivity contribution in [3.8, 4) is 11.4 Å². The van der Waals surface area contributed by atoms with Crippen molar-refractivity contribution in [2.24, 2.45) is 0 Å². The number of rotatable bonds is 3. The molecule has 0 saturated carbocycles. The first-order valence-electron chi connectivity index (χ1n) is 7.96. The number of hydrogen-bond acceptors (Lipinski definition) is 4. The third kappa shape index (κ3) is 2.85. The van der Waals surface area contributed by atoms with Crippen LogP contribution in [0.1, 0.15) is 0 Å². The molecular weight excluding hydrogens is 288 g/mol. The smallest absolute Gasteiger partial charge is 0.140 e. The monoisotopic (exact) mass is 308 g/mol. The van der Waals surface area contributed by atoms with Crippen molar-refractivity contribution in [3.05, 3.63) is 48.9 Å². The van der Waals surface area contributed by atoms with E-state index in [0.29, 0.717) is 0 Å². The first-order valence-corrected chi connectivity index (χ1v) is 7.96. The van der Waals surface area contributed by atoms with Crippen molar-refractivity contribution in [3.63, 3.8) is 0 Å². The van der Waals surface area contributed by atoms with Crippen molar-refractivity contribution >= 4 is 10.9 Å². The number of imidazole rings is 1. The second-order valence-corrected chi connectivity index (χ2v) is 6.03. The van der Waals surface area contributed by atoms with Crippen molar-refractivity contribution < 1.29 is 4.74 Å². The lowest BCUT2D eigenvalue weighted by Crippen LogP contribution is -2.41. The van der Waals surface area contributed by atoms with Crippen LogP contribution in [0.3, 0.4) is 0 Å². The zero-order chi connectivity index (χ0) is 15.6. The Balaban J connectivity index is 1.69. The zero-order valence-corrected chi connectivity index (χ0v) is 13.2. The van der Waals surface area contributed by atoms with Gasteiger partial charge in [-0.05, 0) is 19.2 Å². The predicted molar refractivity (Wildman–Crippen MR) is 90.2 cm³/mol. The molecule has 23 heavy (non-hydrogen) atoms. The Morgan fingerprint density at radius 1 is 1.17 bits per heavy atom. The fourth-order valence-corrected chi connectivity index (χ4v) is 3.19. The van der Waals surface area contributed by atoms with E-state index in [-0.39, 0.29) is 6.10 Å². The Morgan fingerprint density at radius 2 is 2.09 bits per heavy atom. The summed E-state index contributed by atoms with van der Waals surface area (Å²) in [4.78, 5) is 11.3. The van der Waals surface area contributed by atoms with Gasteiger partial charge in [-0.25, -0.2) is 4.98 Å². The van der Waals surface area contributed by atoms with Gasteiger partial charge in [-0.3, -0.25) is 4.98 Å². The molecular formula is C18H20N4O. The van der Waals surface area contributed by atoms with Crippen LogP contribution in [0.4, 0.5) is 0 Å². The first-order chi connectivity index (χ1) is 11.3. The Hall–Kier alpha value is -2.24. The number of fused-ring (bicyclic) bond motifs is 1. The molecule has 1 saturated heterocycles. The van der Waals surface area contributed by atoms with Crippen LogP contribution >= 0.6 is 0 Å². The molecule has 1 atom stereocenters. The number of pyridine rings is 1. The molecule has 3 aromatic rings. The minimum Gasteiger partial charge on any atom is -0.374 e. The van der Waals surface area contributed by atoms with Crippen LogP contribution in [0.25, 0.3) is 22.3 Å². The quantitative estimate of drug-likeness (QED) is 0.745. The number of aromatic nitrogens is 3. The highest BCUT2D eigenvalue weighted by atomic mass is 16.5. The van der Waals surface area contributed by atoms with Crippen LogP contribution in [0.2, 0.25) is 0 Å². The predicted octanol–water partition coefficient (Wildman–Crippen LogP) is 2.43. The summed E-state index contributed by atoms with van der Waals surface area (Å²) in [6, 6.07) is 10.2.